The van der Waals surface area contributed by atoms with Gasteiger partial charge in [-0.1, -0.05) is 13.3 Å². The van der Waals surface area contributed by atoms with Crippen molar-refractivity contribution in [3.63, 3.8) is 0 Å². The number of aliphatic hydroxyl groups excluding tert-OH is 1. The maximum atomic E-state index is 9.07. The molecule has 1 unspecified atom stereocenters. The van der Waals surface area contributed by atoms with E-state index in [1.54, 1.807) is 7.11 Å². The minimum atomic E-state index is 0.199. The molecule has 0 bridgehead atoms. The highest BCUT2D eigenvalue weighted by Gasteiger charge is 2.36. The summed E-state index contributed by atoms with van der Waals surface area (Å²) >= 11 is 0. The number of hydrogen-bond acceptors (Lipinski definition) is 3. The minimum Gasteiger partial charge on any atom is -0.396 e. The summed E-state index contributed by atoms with van der Waals surface area (Å²) in [5.74, 6) is 1.10. The summed E-state index contributed by atoms with van der Waals surface area (Å²) in [6.07, 6.45) is 4.92. The molecule has 1 aliphatic carbocycles. The van der Waals surface area contributed by atoms with Gasteiger partial charge in [-0.05, 0) is 37.5 Å². The molecule has 1 fully saturated rings. The van der Waals surface area contributed by atoms with Gasteiger partial charge in [0.15, 0.2) is 5.96 Å². The van der Waals surface area contributed by atoms with Gasteiger partial charge in [-0.2, -0.15) is 0 Å². The molecule has 0 saturated heterocycles. The molecule has 3 N–H and O–H groups in total. The fourth-order valence-corrected chi connectivity index (χ4v) is 2.41. The summed E-state index contributed by atoms with van der Waals surface area (Å²) in [6, 6.07) is 0. The molecule has 0 radical (unpaired) electrons. The first-order valence-electron chi connectivity index (χ1n) is 7.78. The molecule has 0 heterocycles. The van der Waals surface area contributed by atoms with Crippen molar-refractivity contribution in [2.45, 2.75) is 39.5 Å². The van der Waals surface area contributed by atoms with Crippen LogP contribution in [0.5, 0.6) is 0 Å². The number of nitrogens with one attached hydrogen (secondary N) is 2. The number of nitrogens with zero attached hydrogens (tertiary/aromatic N) is 1. The van der Waals surface area contributed by atoms with Crippen molar-refractivity contribution >= 4 is 5.96 Å². The van der Waals surface area contributed by atoms with Crippen molar-refractivity contribution in [2.24, 2.45) is 16.3 Å². The van der Waals surface area contributed by atoms with Gasteiger partial charge in [0, 0.05) is 40.0 Å². The Labute approximate surface area is 123 Å². The largest absolute Gasteiger partial charge is 0.396 e. The van der Waals surface area contributed by atoms with Crippen LogP contribution in [0.4, 0.5) is 0 Å². The van der Waals surface area contributed by atoms with Gasteiger partial charge >= 0.3 is 0 Å². The minimum absolute atomic E-state index is 0.199. The van der Waals surface area contributed by atoms with E-state index in [9.17, 15) is 0 Å². The highest BCUT2D eigenvalue weighted by atomic mass is 16.5. The molecular weight excluding hydrogens is 254 g/mol. The average Bonchev–Trinajstić information content (AvgIpc) is 2.42. The van der Waals surface area contributed by atoms with Crippen LogP contribution in [0.1, 0.15) is 39.5 Å². The van der Waals surface area contributed by atoms with E-state index in [2.05, 4.69) is 17.6 Å². The summed E-state index contributed by atoms with van der Waals surface area (Å²) in [4.78, 5) is 4.72. The molecule has 1 saturated carbocycles. The maximum Gasteiger partial charge on any atom is 0.191 e. The van der Waals surface area contributed by atoms with Crippen LogP contribution < -0.4 is 10.6 Å². The highest BCUT2D eigenvalue weighted by Crippen LogP contribution is 2.44. The van der Waals surface area contributed by atoms with Gasteiger partial charge in [0.2, 0.25) is 0 Å². The van der Waals surface area contributed by atoms with Crippen LogP contribution in [-0.4, -0.2) is 51.0 Å². The molecule has 0 aliphatic heterocycles. The summed E-state index contributed by atoms with van der Waals surface area (Å²) in [7, 11) is 1.76. The Bertz CT molecular complexity index is 291. The normalized spacial score (nSPS) is 19.3. The van der Waals surface area contributed by atoms with E-state index >= 15 is 0 Å². The fourth-order valence-electron chi connectivity index (χ4n) is 2.41. The summed E-state index contributed by atoms with van der Waals surface area (Å²) in [6.45, 7) is 7.56. The van der Waals surface area contributed by atoms with Gasteiger partial charge in [-0.15, -0.1) is 0 Å². The predicted octanol–water partition coefficient (Wildman–Crippen LogP) is 1.38. The summed E-state index contributed by atoms with van der Waals surface area (Å²) in [5, 5.41) is 15.6. The van der Waals surface area contributed by atoms with Crippen molar-refractivity contribution < 1.29 is 9.84 Å². The first kappa shape index (κ1) is 17.2. The molecule has 0 aromatic heterocycles. The predicted molar refractivity (Wildman–Crippen MR) is 83.0 cm³/mol. The number of rotatable bonds is 9. The van der Waals surface area contributed by atoms with Crippen LogP contribution in [0.3, 0.4) is 0 Å². The average molecular weight is 285 g/mol. The third kappa shape index (κ3) is 5.67. The van der Waals surface area contributed by atoms with E-state index in [0.717, 1.165) is 38.6 Å². The highest BCUT2D eigenvalue weighted by molar-refractivity contribution is 5.79. The van der Waals surface area contributed by atoms with Crippen molar-refractivity contribution in [2.75, 3.05) is 40.0 Å². The van der Waals surface area contributed by atoms with Gasteiger partial charge in [0.05, 0.1) is 0 Å². The Morgan fingerprint density at radius 3 is 2.65 bits per heavy atom. The Kier molecular flexibility index (Phi) is 7.92. The number of aliphatic imine (C=N–C) groups is 1. The van der Waals surface area contributed by atoms with Gasteiger partial charge in [0.1, 0.15) is 0 Å². The Hall–Kier alpha value is -0.810. The molecule has 0 spiro atoms. The molecule has 0 aromatic carbocycles. The lowest BCUT2D eigenvalue weighted by Gasteiger charge is -2.40. The number of methoxy groups -OCH3 is 1. The van der Waals surface area contributed by atoms with Gasteiger partial charge < -0.3 is 20.5 Å². The van der Waals surface area contributed by atoms with Crippen molar-refractivity contribution in [1.82, 2.24) is 10.6 Å². The maximum absolute atomic E-state index is 9.07. The van der Waals surface area contributed by atoms with Gasteiger partial charge in [0.25, 0.3) is 0 Å². The summed E-state index contributed by atoms with van der Waals surface area (Å²) in [5.41, 5.74) is 0.348. The number of ether oxygens (including phenoxy) is 1. The van der Waals surface area contributed by atoms with Crippen LogP contribution in [0.2, 0.25) is 0 Å². The monoisotopic (exact) mass is 285 g/mol. The van der Waals surface area contributed by atoms with Crippen LogP contribution in [0.15, 0.2) is 4.99 Å². The van der Waals surface area contributed by atoms with E-state index in [1.807, 2.05) is 6.92 Å². The molecular formula is C15H31N3O2. The Balaban J connectivity index is 2.47. The van der Waals surface area contributed by atoms with Crippen molar-refractivity contribution in [3.05, 3.63) is 0 Å². The molecule has 1 aliphatic rings. The van der Waals surface area contributed by atoms with Crippen LogP contribution in [0, 0.1) is 11.3 Å². The molecule has 5 heteroatoms. The van der Waals surface area contributed by atoms with E-state index in [1.165, 1.54) is 19.3 Å². The molecule has 1 atom stereocenters. The van der Waals surface area contributed by atoms with Crippen LogP contribution >= 0.6 is 0 Å². The van der Waals surface area contributed by atoms with Gasteiger partial charge in [-0.25, -0.2) is 0 Å². The third-order valence-corrected chi connectivity index (χ3v) is 4.10. The van der Waals surface area contributed by atoms with E-state index in [4.69, 9.17) is 14.8 Å². The van der Waals surface area contributed by atoms with E-state index < -0.39 is 0 Å². The zero-order chi connectivity index (χ0) is 14.8. The molecule has 20 heavy (non-hydrogen) atoms. The summed E-state index contributed by atoms with van der Waals surface area (Å²) < 4.78 is 5.21. The fraction of sp³-hybridized carbons (Fsp3) is 0.933. The number of hydrogen-bond donors (Lipinski definition) is 3. The number of guanidine groups is 1. The van der Waals surface area contributed by atoms with Crippen LogP contribution in [-0.2, 0) is 4.74 Å². The first-order valence-corrected chi connectivity index (χ1v) is 7.78. The SMILES string of the molecule is CCNC(=NCC1(CCOC)CCC1)NCC(C)CO. The topological polar surface area (TPSA) is 65.9 Å². The second-order valence-electron chi connectivity index (χ2n) is 5.96. The van der Waals surface area contributed by atoms with Crippen molar-refractivity contribution in [3.8, 4) is 0 Å². The molecule has 5 nitrogen and oxygen atoms in total. The Morgan fingerprint density at radius 2 is 2.15 bits per heavy atom. The van der Waals surface area contributed by atoms with Crippen LogP contribution in [0.25, 0.3) is 0 Å². The lowest BCUT2D eigenvalue weighted by atomic mass is 9.67. The standard InChI is InChI=1S/C15H31N3O2/c1-4-16-14(17-10-13(2)11-19)18-12-15(6-5-7-15)8-9-20-3/h13,19H,4-12H2,1-3H3,(H2,16,17,18). The zero-order valence-corrected chi connectivity index (χ0v) is 13.2. The zero-order valence-electron chi connectivity index (χ0n) is 13.2. The van der Waals surface area contributed by atoms with Gasteiger partial charge in [-0.3, -0.25) is 4.99 Å². The number of aliphatic hydroxyl groups is 1. The molecule has 0 amide bonds. The quantitative estimate of drug-likeness (QED) is 0.442. The second-order valence-corrected chi connectivity index (χ2v) is 5.96. The van der Waals surface area contributed by atoms with E-state index in [-0.39, 0.29) is 12.5 Å². The lowest BCUT2D eigenvalue weighted by Crippen LogP contribution is -2.42. The second kappa shape index (κ2) is 9.19. The third-order valence-electron chi connectivity index (χ3n) is 4.10. The van der Waals surface area contributed by atoms with E-state index in [0.29, 0.717) is 5.41 Å². The smallest absolute Gasteiger partial charge is 0.191 e. The first-order chi connectivity index (χ1) is 9.65. The molecule has 0 aromatic rings. The molecule has 1 rings (SSSR count). The van der Waals surface area contributed by atoms with Crippen molar-refractivity contribution in [1.29, 1.82) is 0 Å². The Morgan fingerprint density at radius 1 is 1.40 bits per heavy atom. The molecule has 118 valence electrons. The lowest BCUT2D eigenvalue weighted by molar-refractivity contribution is 0.0778.